The predicted octanol–water partition coefficient (Wildman–Crippen LogP) is 5.78. The molecule has 0 aliphatic heterocycles. The van der Waals surface area contributed by atoms with Crippen molar-refractivity contribution in [1.82, 2.24) is 0 Å². The van der Waals surface area contributed by atoms with Crippen molar-refractivity contribution >= 4 is 21.5 Å². The molecular weight excluding hydrogens is 283 g/mol. The lowest BCUT2D eigenvalue weighted by Gasteiger charge is -2.11. The van der Waals surface area contributed by atoms with Gasteiger partial charge in [-0.05, 0) is 50.9 Å². The first-order valence-corrected chi connectivity index (χ1v) is 7.45. The Morgan fingerprint density at radius 1 is 0.739 bits per heavy atom. The van der Waals surface area contributed by atoms with E-state index in [1.807, 2.05) is 30.3 Å². The van der Waals surface area contributed by atoms with Crippen LogP contribution in [0.3, 0.4) is 0 Å². The Kier molecular flexibility index (Phi) is 3.10. The van der Waals surface area contributed by atoms with E-state index in [9.17, 15) is 4.39 Å². The highest BCUT2D eigenvalue weighted by Gasteiger charge is 2.10. The number of rotatable bonds is 1. The van der Waals surface area contributed by atoms with Gasteiger partial charge in [-0.25, -0.2) is 4.39 Å². The van der Waals surface area contributed by atoms with E-state index in [0.717, 1.165) is 21.9 Å². The molecule has 4 aromatic rings. The minimum atomic E-state index is -0.359. The Balaban J connectivity index is 2.10. The van der Waals surface area contributed by atoms with Crippen LogP contribution >= 0.6 is 0 Å². The van der Waals surface area contributed by atoms with Gasteiger partial charge in [0.05, 0.1) is 5.56 Å². The Hall–Kier alpha value is -3.11. The van der Waals surface area contributed by atoms with Crippen LogP contribution in [0.2, 0.25) is 0 Å². The van der Waals surface area contributed by atoms with Crippen LogP contribution in [-0.4, -0.2) is 0 Å². The molecule has 0 aliphatic rings. The Bertz CT molecular complexity index is 1080. The zero-order chi connectivity index (χ0) is 15.8. The molecule has 108 valence electrons. The van der Waals surface area contributed by atoms with Crippen molar-refractivity contribution in [2.75, 3.05) is 0 Å². The van der Waals surface area contributed by atoms with Gasteiger partial charge in [0.15, 0.2) is 0 Å². The second-order valence-corrected chi connectivity index (χ2v) is 5.53. The molecule has 0 amide bonds. The van der Waals surface area contributed by atoms with Crippen molar-refractivity contribution in [3.8, 4) is 23.5 Å². The summed E-state index contributed by atoms with van der Waals surface area (Å²) >= 11 is 0. The molecule has 0 radical (unpaired) electrons. The molecule has 4 aromatic carbocycles. The minimum absolute atomic E-state index is 0.291. The molecule has 0 saturated heterocycles. The minimum Gasteiger partial charge on any atom is -0.206 e. The summed E-state index contributed by atoms with van der Waals surface area (Å²) in [6.45, 7) is 0. The number of terminal acetylenes is 1. The van der Waals surface area contributed by atoms with Crippen LogP contribution in [0.4, 0.5) is 4.39 Å². The van der Waals surface area contributed by atoms with Crippen LogP contribution in [0.25, 0.3) is 32.7 Å². The molecule has 0 spiro atoms. The first kappa shape index (κ1) is 13.5. The molecule has 4 rings (SSSR count). The molecule has 0 unspecified atom stereocenters. The topological polar surface area (TPSA) is 0 Å². The molecule has 0 bridgehead atoms. The van der Waals surface area contributed by atoms with Gasteiger partial charge in [0.2, 0.25) is 0 Å². The van der Waals surface area contributed by atoms with Gasteiger partial charge in [-0.2, -0.15) is 0 Å². The van der Waals surface area contributed by atoms with Gasteiger partial charge in [-0.1, -0.05) is 60.5 Å². The van der Waals surface area contributed by atoms with Crippen LogP contribution in [0.15, 0.2) is 72.8 Å². The average molecular weight is 296 g/mol. The molecule has 0 saturated carbocycles. The number of halogens is 1. The molecule has 0 nitrogen and oxygen atoms in total. The lowest BCUT2D eigenvalue weighted by Crippen LogP contribution is -1.88. The maximum absolute atomic E-state index is 14.1. The van der Waals surface area contributed by atoms with Crippen molar-refractivity contribution < 1.29 is 4.39 Å². The van der Waals surface area contributed by atoms with Gasteiger partial charge in [0, 0.05) is 0 Å². The number of hydrogen-bond acceptors (Lipinski definition) is 0. The van der Waals surface area contributed by atoms with E-state index in [1.165, 1.54) is 16.8 Å². The summed E-state index contributed by atoms with van der Waals surface area (Å²) < 4.78 is 14.1. The summed E-state index contributed by atoms with van der Waals surface area (Å²) in [6, 6.07) is 23.6. The number of fused-ring (bicyclic) bond motifs is 3. The summed E-state index contributed by atoms with van der Waals surface area (Å²) in [5, 5.41) is 4.62. The summed E-state index contributed by atoms with van der Waals surface area (Å²) in [4.78, 5) is 0. The van der Waals surface area contributed by atoms with Crippen molar-refractivity contribution in [3.05, 3.63) is 84.2 Å². The van der Waals surface area contributed by atoms with Crippen molar-refractivity contribution in [2.24, 2.45) is 0 Å². The zero-order valence-electron chi connectivity index (χ0n) is 12.4. The third kappa shape index (κ3) is 2.17. The highest BCUT2D eigenvalue weighted by molar-refractivity contribution is 6.13. The third-order valence-electron chi connectivity index (χ3n) is 4.20. The van der Waals surface area contributed by atoms with E-state index >= 15 is 0 Å². The molecule has 0 fully saturated rings. The fraction of sp³-hybridized carbons (Fsp3) is 0. The second kappa shape index (κ2) is 5.26. The lowest BCUT2D eigenvalue weighted by molar-refractivity contribution is 0.625. The molecular formula is C22H13F. The molecule has 0 N–H and O–H groups in total. The lowest BCUT2D eigenvalue weighted by atomic mass is 9.93. The molecule has 0 heterocycles. The SMILES string of the molecule is C#Cc1ccc(-c2cc3ccccc3c3ccccc23)cc1F. The highest BCUT2D eigenvalue weighted by atomic mass is 19.1. The van der Waals surface area contributed by atoms with E-state index in [0.29, 0.717) is 5.56 Å². The fourth-order valence-electron chi connectivity index (χ4n) is 3.09. The first-order chi connectivity index (χ1) is 11.3. The van der Waals surface area contributed by atoms with Gasteiger partial charge in [0.25, 0.3) is 0 Å². The molecule has 23 heavy (non-hydrogen) atoms. The van der Waals surface area contributed by atoms with Crippen LogP contribution < -0.4 is 0 Å². The summed E-state index contributed by atoms with van der Waals surface area (Å²) in [7, 11) is 0. The normalized spacial score (nSPS) is 10.8. The van der Waals surface area contributed by atoms with Crippen LogP contribution in [0.1, 0.15) is 5.56 Å². The van der Waals surface area contributed by atoms with Gasteiger partial charge in [0.1, 0.15) is 5.82 Å². The van der Waals surface area contributed by atoms with Crippen molar-refractivity contribution in [1.29, 1.82) is 0 Å². The summed E-state index contributed by atoms with van der Waals surface area (Å²) in [5.74, 6) is 2.01. The second-order valence-electron chi connectivity index (χ2n) is 5.53. The monoisotopic (exact) mass is 296 g/mol. The van der Waals surface area contributed by atoms with Crippen LogP contribution in [0.5, 0.6) is 0 Å². The standard InChI is InChI=1S/C22H13F/c1-2-15-11-12-17(14-22(15)23)21-13-16-7-3-4-8-18(16)19-9-5-6-10-20(19)21/h1,3-14H. The van der Waals surface area contributed by atoms with Crippen LogP contribution in [0, 0.1) is 18.2 Å². The first-order valence-electron chi connectivity index (χ1n) is 7.45. The van der Waals surface area contributed by atoms with Gasteiger partial charge in [-0.15, -0.1) is 6.42 Å². The van der Waals surface area contributed by atoms with Crippen LogP contribution in [-0.2, 0) is 0 Å². The van der Waals surface area contributed by atoms with Gasteiger partial charge in [-0.3, -0.25) is 0 Å². The van der Waals surface area contributed by atoms with E-state index in [2.05, 4.69) is 36.3 Å². The zero-order valence-corrected chi connectivity index (χ0v) is 12.4. The third-order valence-corrected chi connectivity index (χ3v) is 4.20. The number of benzene rings is 4. The van der Waals surface area contributed by atoms with E-state index < -0.39 is 0 Å². The van der Waals surface area contributed by atoms with E-state index in [-0.39, 0.29) is 5.82 Å². The van der Waals surface area contributed by atoms with Crippen molar-refractivity contribution in [3.63, 3.8) is 0 Å². The maximum atomic E-state index is 14.1. The van der Waals surface area contributed by atoms with Crippen molar-refractivity contribution in [2.45, 2.75) is 0 Å². The van der Waals surface area contributed by atoms with E-state index in [1.54, 1.807) is 6.07 Å². The number of hydrogen-bond donors (Lipinski definition) is 0. The molecule has 0 aliphatic carbocycles. The van der Waals surface area contributed by atoms with E-state index in [4.69, 9.17) is 6.42 Å². The molecule has 0 atom stereocenters. The molecule has 0 aromatic heterocycles. The highest BCUT2D eigenvalue weighted by Crippen LogP contribution is 2.35. The Labute approximate surface area is 134 Å². The summed E-state index contributed by atoms with van der Waals surface area (Å²) in [5.41, 5.74) is 2.14. The Morgan fingerprint density at radius 3 is 2.17 bits per heavy atom. The van der Waals surface area contributed by atoms with Gasteiger partial charge >= 0.3 is 0 Å². The average Bonchev–Trinajstić information content (AvgIpc) is 2.61. The predicted molar refractivity (Wildman–Crippen MR) is 94.8 cm³/mol. The maximum Gasteiger partial charge on any atom is 0.139 e. The Morgan fingerprint density at radius 2 is 1.43 bits per heavy atom. The summed E-state index contributed by atoms with van der Waals surface area (Å²) in [6.07, 6.45) is 5.31. The van der Waals surface area contributed by atoms with Gasteiger partial charge < -0.3 is 0 Å². The largest absolute Gasteiger partial charge is 0.206 e. The fourth-order valence-corrected chi connectivity index (χ4v) is 3.09. The quantitative estimate of drug-likeness (QED) is 0.308. The molecule has 1 heteroatoms. The smallest absolute Gasteiger partial charge is 0.139 e.